The molecule has 0 aliphatic heterocycles. The number of carbonyl (C=O) groups excluding carboxylic acids is 1. The third-order valence-electron chi connectivity index (χ3n) is 3.82. The standard InChI is InChI=1S/C15H18BrNO4/c1-21-13-8-10(16)4-7-12(13)14(18)17-11-5-2-9(3-6-11)15(19)20/h4,7-9,11H,2-3,5-6H2,1H3,(H,17,18)(H,19,20). The number of halogens is 1. The van der Waals surface area contributed by atoms with Gasteiger partial charge in [0.1, 0.15) is 5.75 Å². The number of ether oxygens (including phenoxy) is 1. The summed E-state index contributed by atoms with van der Waals surface area (Å²) in [6.45, 7) is 0. The molecule has 114 valence electrons. The first kappa shape index (κ1) is 15.8. The van der Waals surface area contributed by atoms with E-state index in [4.69, 9.17) is 9.84 Å². The number of rotatable bonds is 4. The Bertz CT molecular complexity index is 538. The average Bonchev–Trinajstić information content (AvgIpc) is 2.47. The molecule has 0 aromatic heterocycles. The molecular weight excluding hydrogens is 338 g/mol. The topological polar surface area (TPSA) is 75.6 Å². The monoisotopic (exact) mass is 355 g/mol. The van der Waals surface area contributed by atoms with Crippen molar-refractivity contribution in [2.45, 2.75) is 31.7 Å². The second-order valence-electron chi connectivity index (χ2n) is 5.20. The van der Waals surface area contributed by atoms with Crippen LogP contribution in [-0.2, 0) is 4.79 Å². The number of hydrogen-bond donors (Lipinski definition) is 2. The number of hydrogen-bond acceptors (Lipinski definition) is 3. The van der Waals surface area contributed by atoms with Crippen LogP contribution < -0.4 is 10.1 Å². The smallest absolute Gasteiger partial charge is 0.306 e. The molecule has 0 unspecified atom stereocenters. The number of amides is 1. The van der Waals surface area contributed by atoms with Crippen LogP contribution >= 0.6 is 15.9 Å². The number of carbonyl (C=O) groups is 2. The van der Waals surface area contributed by atoms with E-state index in [1.165, 1.54) is 7.11 Å². The minimum Gasteiger partial charge on any atom is -0.496 e. The molecule has 1 amide bonds. The molecule has 0 spiro atoms. The van der Waals surface area contributed by atoms with Gasteiger partial charge in [-0.2, -0.15) is 0 Å². The first-order valence-electron chi connectivity index (χ1n) is 6.88. The zero-order valence-electron chi connectivity index (χ0n) is 11.8. The Morgan fingerprint density at radius 1 is 1.29 bits per heavy atom. The van der Waals surface area contributed by atoms with Gasteiger partial charge in [0.2, 0.25) is 0 Å². The summed E-state index contributed by atoms with van der Waals surface area (Å²) in [5, 5.41) is 11.9. The van der Waals surface area contributed by atoms with Crippen molar-refractivity contribution >= 4 is 27.8 Å². The van der Waals surface area contributed by atoms with E-state index in [1.54, 1.807) is 18.2 Å². The molecule has 0 atom stereocenters. The van der Waals surface area contributed by atoms with Crippen LogP contribution in [0.4, 0.5) is 0 Å². The van der Waals surface area contributed by atoms with Crippen LogP contribution in [0.5, 0.6) is 5.75 Å². The predicted molar refractivity (Wildman–Crippen MR) is 81.5 cm³/mol. The highest BCUT2D eigenvalue weighted by Gasteiger charge is 2.27. The van der Waals surface area contributed by atoms with Gasteiger partial charge in [-0.25, -0.2) is 0 Å². The summed E-state index contributed by atoms with van der Waals surface area (Å²) in [6.07, 6.45) is 2.61. The van der Waals surface area contributed by atoms with Crippen molar-refractivity contribution in [3.8, 4) is 5.75 Å². The van der Waals surface area contributed by atoms with Crippen LogP contribution in [0.15, 0.2) is 22.7 Å². The molecule has 1 saturated carbocycles. The second-order valence-corrected chi connectivity index (χ2v) is 6.12. The Labute approximate surface area is 131 Å². The van der Waals surface area contributed by atoms with Gasteiger partial charge in [0.05, 0.1) is 18.6 Å². The van der Waals surface area contributed by atoms with Gasteiger partial charge in [-0.05, 0) is 43.9 Å². The normalized spacial score (nSPS) is 21.6. The van der Waals surface area contributed by atoms with Gasteiger partial charge in [0.15, 0.2) is 0 Å². The van der Waals surface area contributed by atoms with Crippen molar-refractivity contribution in [2.75, 3.05) is 7.11 Å². The Balaban J connectivity index is 1.98. The first-order valence-corrected chi connectivity index (χ1v) is 7.67. The Morgan fingerprint density at radius 2 is 1.95 bits per heavy atom. The minimum absolute atomic E-state index is 0.0291. The molecule has 5 nitrogen and oxygen atoms in total. The second kappa shape index (κ2) is 6.93. The molecule has 1 aromatic rings. The molecule has 0 saturated heterocycles. The van der Waals surface area contributed by atoms with E-state index in [0.29, 0.717) is 37.0 Å². The van der Waals surface area contributed by atoms with E-state index >= 15 is 0 Å². The summed E-state index contributed by atoms with van der Waals surface area (Å²) >= 11 is 3.34. The van der Waals surface area contributed by atoms with Crippen LogP contribution in [0, 0.1) is 5.92 Å². The van der Waals surface area contributed by atoms with Crippen molar-refractivity contribution in [3.63, 3.8) is 0 Å². The fraction of sp³-hybridized carbons (Fsp3) is 0.467. The van der Waals surface area contributed by atoms with E-state index in [0.717, 1.165) is 4.47 Å². The number of aliphatic carboxylic acids is 1. The maximum absolute atomic E-state index is 12.3. The third kappa shape index (κ3) is 3.97. The van der Waals surface area contributed by atoms with E-state index in [1.807, 2.05) is 0 Å². The largest absolute Gasteiger partial charge is 0.496 e. The van der Waals surface area contributed by atoms with E-state index < -0.39 is 5.97 Å². The minimum atomic E-state index is -0.741. The van der Waals surface area contributed by atoms with Crippen molar-refractivity contribution in [1.29, 1.82) is 0 Å². The zero-order valence-corrected chi connectivity index (χ0v) is 13.4. The van der Waals surface area contributed by atoms with Crippen LogP contribution in [0.3, 0.4) is 0 Å². The summed E-state index contributed by atoms with van der Waals surface area (Å²) < 4.78 is 6.06. The van der Waals surface area contributed by atoms with Gasteiger partial charge in [-0.15, -0.1) is 0 Å². The van der Waals surface area contributed by atoms with Crippen molar-refractivity contribution in [1.82, 2.24) is 5.32 Å². The van der Waals surface area contributed by atoms with Gasteiger partial charge in [0, 0.05) is 10.5 Å². The summed E-state index contributed by atoms with van der Waals surface area (Å²) in [7, 11) is 1.52. The van der Waals surface area contributed by atoms with Crippen molar-refractivity contribution < 1.29 is 19.4 Å². The molecular formula is C15H18BrNO4. The number of carboxylic acids is 1. The first-order chi connectivity index (χ1) is 10.0. The molecule has 0 bridgehead atoms. The third-order valence-corrected chi connectivity index (χ3v) is 4.31. The molecule has 2 N–H and O–H groups in total. The molecule has 0 radical (unpaired) electrons. The van der Waals surface area contributed by atoms with Crippen molar-refractivity contribution in [3.05, 3.63) is 28.2 Å². The molecule has 6 heteroatoms. The van der Waals surface area contributed by atoms with Crippen molar-refractivity contribution in [2.24, 2.45) is 5.92 Å². The number of carboxylic acid groups (broad SMARTS) is 1. The molecule has 0 heterocycles. The maximum Gasteiger partial charge on any atom is 0.306 e. The van der Waals surface area contributed by atoms with E-state index in [9.17, 15) is 9.59 Å². The summed E-state index contributed by atoms with van der Waals surface area (Å²) in [5.74, 6) is -0.686. The lowest BCUT2D eigenvalue weighted by Crippen LogP contribution is -2.38. The maximum atomic E-state index is 12.3. The van der Waals surface area contributed by atoms with Gasteiger partial charge in [0.25, 0.3) is 5.91 Å². The molecule has 1 fully saturated rings. The lowest BCUT2D eigenvalue weighted by atomic mass is 9.86. The molecule has 1 aliphatic carbocycles. The average molecular weight is 356 g/mol. The molecule has 1 aliphatic rings. The summed E-state index contributed by atoms with van der Waals surface area (Å²) in [4.78, 5) is 23.2. The highest BCUT2D eigenvalue weighted by Crippen LogP contribution is 2.26. The van der Waals surface area contributed by atoms with E-state index in [2.05, 4.69) is 21.2 Å². The fourth-order valence-corrected chi connectivity index (χ4v) is 2.94. The number of nitrogens with one attached hydrogen (secondary N) is 1. The lowest BCUT2D eigenvalue weighted by molar-refractivity contribution is -0.142. The Hall–Kier alpha value is -1.56. The Kier molecular flexibility index (Phi) is 5.22. The molecule has 1 aromatic carbocycles. The van der Waals surface area contributed by atoms with Crippen LogP contribution in [0.2, 0.25) is 0 Å². The summed E-state index contributed by atoms with van der Waals surface area (Å²) in [6, 6.07) is 5.28. The van der Waals surface area contributed by atoms with Crippen LogP contribution in [0.25, 0.3) is 0 Å². The fourth-order valence-electron chi connectivity index (χ4n) is 2.60. The van der Waals surface area contributed by atoms with E-state index in [-0.39, 0.29) is 17.9 Å². The quantitative estimate of drug-likeness (QED) is 0.870. The zero-order chi connectivity index (χ0) is 15.4. The lowest BCUT2D eigenvalue weighted by Gasteiger charge is -2.27. The highest BCUT2D eigenvalue weighted by atomic mass is 79.9. The van der Waals surface area contributed by atoms with Gasteiger partial charge < -0.3 is 15.2 Å². The van der Waals surface area contributed by atoms with Gasteiger partial charge in [-0.3, -0.25) is 9.59 Å². The SMILES string of the molecule is COc1cc(Br)ccc1C(=O)NC1CCC(C(=O)O)CC1. The highest BCUT2D eigenvalue weighted by molar-refractivity contribution is 9.10. The molecule has 21 heavy (non-hydrogen) atoms. The molecule has 2 rings (SSSR count). The Morgan fingerprint density at radius 3 is 2.52 bits per heavy atom. The summed E-state index contributed by atoms with van der Waals surface area (Å²) in [5.41, 5.74) is 0.487. The predicted octanol–water partition coefficient (Wildman–Crippen LogP) is 2.83. The van der Waals surface area contributed by atoms with Crippen LogP contribution in [0.1, 0.15) is 36.0 Å². The number of methoxy groups -OCH3 is 1. The van der Waals surface area contributed by atoms with Gasteiger partial charge in [-0.1, -0.05) is 15.9 Å². The van der Waals surface area contributed by atoms with Crippen LogP contribution in [-0.4, -0.2) is 30.1 Å². The van der Waals surface area contributed by atoms with Gasteiger partial charge >= 0.3 is 5.97 Å². The number of benzene rings is 1.